The van der Waals surface area contributed by atoms with Crippen LogP contribution >= 0.6 is 0 Å². The van der Waals surface area contributed by atoms with Crippen molar-refractivity contribution < 1.29 is 94.4 Å². The van der Waals surface area contributed by atoms with Crippen molar-refractivity contribution in [1.82, 2.24) is 0 Å². The zero-order chi connectivity index (χ0) is 0. The number of hydrogen-bond acceptors (Lipinski definition) is 0. The molecule has 0 rings (SSSR count). The van der Waals surface area contributed by atoms with E-state index < -0.39 is 0 Å². The van der Waals surface area contributed by atoms with Crippen LogP contribution in [0.2, 0.25) is 0 Å². The third kappa shape index (κ3) is 8.83. The van der Waals surface area contributed by atoms with E-state index in [-0.39, 0.29) is 94.4 Å². The van der Waals surface area contributed by atoms with Gasteiger partial charge in [-0.2, -0.15) is 0 Å². The maximum absolute atomic E-state index is 0. The Hall–Kier alpha value is 2.72. The normalized spacial score (nSPS) is 0. The van der Waals surface area contributed by atoms with Crippen LogP contribution in [0.5, 0.6) is 0 Å². The second-order valence-electron chi connectivity index (χ2n) is 0. The van der Waals surface area contributed by atoms with Gasteiger partial charge >= 0.3 is 68.2 Å². The fraction of sp³-hybridized carbons (Fsp3) is 0. The minimum absolute atomic E-state index is 0. The Kier molecular flexibility index (Phi) is 128. The van der Waals surface area contributed by atoms with Crippen LogP contribution in [0.1, 0.15) is 1.43 Å². The summed E-state index contributed by atoms with van der Waals surface area (Å²) in [5.41, 5.74) is 0. The summed E-state index contributed by atoms with van der Waals surface area (Å²) in [5.74, 6) is 0. The summed E-state index contributed by atoms with van der Waals surface area (Å²) in [6.07, 6.45) is 0. The Balaban J connectivity index is 0. The monoisotopic (exact) mass is 169 g/mol. The second kappa shape index (κ2) is 17.2. The molecule has 0 fully saturated rings. The van der Waals surface area contributed by atoms with Crippen molar-refractivity contribution in [3.63, 3.8) is 0 Å². The third-order valence-electron chi connectivity index (χ3n) is 0. The third-order valence-corrected chi connectivity index (χ3v) is 0. The van der Waals surface area contributed by atoms with Crippen LogP contribution < -0.4 is 76.2 Å². The first-order valence-electron chi connectivity index (χ1n) is 0. The maximum atomic E-state index is 0. The average Bonchev–Trinajstić information content (AvgIpc) is 0. The van der Waals surface area contributed by atoms with Crippen molar-refractivity contribution in [1.29, 1.82) is 0 Å². The van der Waals surface area contributed by atoms with Crippen LogP contribution in [0.25, 0.3) is 0 Å². The van der Waals surface area contributed by atoms with Crippen LogP contribution in [0, 0.1) is 0 Å². The van der Waals surface area contributed by atoms with Gasteiger partial charge in [-0.15, -0.1) is 0 Å². The zero-order valence-electron chi connectivity index (χ0n) is 3.09. The van der Waals surface area contributed by atoms with Crippen molar-refractivity contribution in [3.8, 4) is 0 Å². The predicted molar refractivity (Wildman–Crippen MR) is 1.11 cm³/mol. The van der Waals surface area contributed by atoms with E-state index in [2.05, 4.69) is 0 Å². The van der Waals surface area contributed by atoms with E-state index in [1.54, 1.807) is 0 Å². The molecule has 0 atom stereocenters. The standard InChI is InChI=1S/2ClH.Co.K.H/h2*1H;;;/q;;+2;+1;-1/p-2. The molecule has 0 saturated carbocycles. The minimum Gasteiger partial charge on any atom is -1.00 e. The second-order valence-corrected chi connectivity index (χ2v) is 0. The molecule has 0 spiro atoms. The number of hydrogen-bond donors (Lipinski definition) is 0. The molecule has 0 aromatic heterocycles. The Labute approximate surface area is 92.4 Å². The molecule has 0 N–H and O–H groups in total. The van der Waals surface area contributed by atoms with Crippen LogP contribution in [0.15, 0.2) is 0 Å². The Morgan fingerprint density at radius 2 is 1.00 bits per heavy atom. The Morgan fingerprint density at radius 3 is 1.00 bits per heavy atom. The molecule has 0 aromatic rings. The van der Waals surface area contributed by atoms with Crippen molar-refractivity contribution >= 4 is 0 Å². The number of halogens is 2. The summed E-state index contributed by atoms with van der Waals surface area (Å²) in [7, 11) is 0. The van der Waals surface area contributed by atoms with Crippen LogP contribution in [-0.4, -0.2) is 0 Å². The molecule has 1 radical (unpaired) electrons. The van der Waals surface area contributed by atoms with Gasteiger partial charge in [0.05, 0.1) is 0 Å². The smallest absolute Gasteiger partial charge is 1.00 e. The van der Waals surface area contributed by atoms with Crippen molar-refractivity contribution in [2.24, 2.45) is 0 Å². The largest absolute Gasteiger partial charge is 2.00 e. The van der Waals surface area contributed by atoms with Gasteiger partial charge in [0.15, 0.2) is 0 Å². The van der Waals surface area contributed by atoms with E-state index in [1.165, 1.54) is 0 Å². The molecule has 0 heterocycles. The van der Waals surface area contributed by atoms with Gasteiger partial charge in [0.25, 0.3) is 0 Å². The fourth-order valence-corrected chi connectivity index (χ4v) is 0. The van der Waals surface area contributed by atoms with Crippen LogP contribution in [0.4, 0.5) is 0 Å². The van der Waals surface area contributed by atoms with Gasteiger partial charge in [-0.25, -0.2) is 0 Å². The molecule has 0 aliphatic rings. The SMILES string of the molecule is [Cl-].[Cl-].[Co+2].[H-].[K+]. The molecule has 0 aliphatic carbocycles. The van der Waals surface area contributed by atoms with E-state index in [9.17, 15) is 0 Å². The predicted octanol–water partition coefficient (Wildman–Crippen LogP) is -8.88. The van der Waals surface area contributed by atoms with E-state index in [0.717, 1.165) is 0 Å². The quantitative estimate of drug-likeness (QED) is 0.317. The fourth-order valence-electron chi connectivity index (χ4n) is 0. The molecular weight excluding hydrogens is 169 g/mol. The van der Waals surface area contributed by atoms with E-state index in [1.807, 2.05) is 0 Å². The molecule has 0 nitrogen and oxygen atoms in total. The summed E-state index contributed by atoms with van der Waals surface area (Å²) >= 11 is 0. The van der Waals surface area contributed by atoms with E-state index >= 15 is 0 Å². The number of rotatable bonds is 0. The van der Waals surface area contributed by atoms with Gasteiger partial charge < -0.3 is 26.2 Å². The molecule has 0 saturated heterocycles. The van der Waals surface area contributed by atoms with Gasteiger partial charge in [-0.1, -0.05) is 0 Å². The molecule has 0 aliphatic heterocycles. The summed E-state index contributed by atoms with van der Waals surface area (Å²) in [5, 5.41) is 0. The molecule has 0 unspecified atom stereocenters. The van der Waals surface area contributed by atoms with E-state index in [4.69, 9.17) is 0 Å². The molecular formula is HCl2CoK. The summed E-state index contributed by atoms with van der Waals surface area (Å²) in [6.45, 7) is 0. The molecule has 0 aromatic carbocycles. The van der Waals surface area contributed by atoms with Crippen LogP contribution in [0.3, 0.4) is 0 Å². The van der Waals surface area contributed by atoms with Gasteiger partial charge in [0.1, 0.15) is 0 Å². The topological polar surface area (TPSA) is 0 Å². The van der Waals surface area contributed by atoms with Crippen molar-refractivity contribution in [2.45, 2.75) is 0 Å². The maximum Gasteiger partial charge on any atom is 2.00 e. The average molecular weight is 170 g/mol. The summed E-state index contributed by atoms with van der Waals surface area (Å²) in [4.78, 5) is 0. The molecule has 0 bridgehead atoms. The zero-order valence-corrected chi connectivity index (χ0v) is 7.77. The molecule has 0 amide bonds. The van der Waals surface area contributed by atoms with Gasteiger partial charge in [-0.05, 0) is 0 Å². The van der Waals surface area contributed by atoms with Gasteiger partial charge in [0.2, 0.25) is 0 Å². The first-order valence-corrected chi connectivity index (χ1v) is 0. The Bertz CT molecular complexity index is 9.61. The summed E-state index contributed by atoms with van der Waals surface area (Å²) < 4.78 is 0. The van der Waals surface area contributed by atoms with Gasteiger partial charge in [0, 0.05) is 0 Å². The summed E-state index contributed by atoms with van der Waals surface area (Å²) in [6, 6.07) is 0. The first kappa shape index (κ1) is 29.7. The molecule has 4 heavy (non-hydrogen) atoms. The van der Waals surface area contributed by atoms with Crippen molar-refractivity contribution in [3.05, 3.63) is 0 Å². The Morgan fingerprint density at radius 1 is 1.00 bits per heavy atom. The molecule has 25 valence electrons. The molecule has 4 heteroatoms. The van der Waals surface area contributed by atoms with Crippen LogP contribution in [-0.2, 0) is 16.8 Å². The van der Waals surface area contributed by atoms with Crippen molar-refractivity contribution in [2.75, 3.05) is 0 Å². The van der Waals surface area contributed by atoms with E-state index in [0.29, 0.717) is 0 Å². The minimum atomic E-state index is 0. The first-order chi connectivity index (χ1) is 0. The van der Waals surface area contributed by atoms with Gasteiger partial charge in [-0.3, -0.25) is 0 Å².